The van der Waals surface area contributed by atoms with Gasteiger partial charge in [-0.25, -0.2) is 9.42 Å². The van der Waals surface area contributed by atoms with Crippen molar-refractivity contribution in [2.24, 2.45) is 4.74 Å². The molecule has 1 fully saturated rings. The van der Waals surface area contributed by atoms with E-state index in [9.17, 15) is 0 Å². The maximum absolute atomic E-state index is 6.37. The summed E-state index contributed by atoms with van der Waals surface area (Å²) in [7, 11) is -2.16. The standard InChI is InChI=1S/C19H26N3OP/c1-3-21(4-2)24(20-17-18-11-7-5-8-12-18)22(15-16-23-24)19-13-9-6-10-14-19/h5-14H,3-4,15-17H2,1-2H3. The van der Waals surface area contributed by atoms with Gasteiger partial charge in [0.15, 0.2) is 0 Å². The van der Waals surface area contributed by atoms with Gasteiger partial charge in [-0.1, -0.05) is 62.4 Å². The van der Waals surface area contributed by atoms with Crippen LogP contribution in [-0.2, 0) is 11.1 Å². The SMILES string of the molecule is CCN(CC)P1(=NCc2ccccc2)OCCN1c1ccccc1. The number of hydrogen-bond acceptors (Lipinski definition) is 2. The van der Waals surface area contributed by atoms with Crippen LogP contribution < -0.4 is 4.67 Å². The molecule has 5 heteroatoms. The molecule has 1 aliphatic heterocycles. The number of benzene rings is 2. The highest BCUT2D eigenvalue weighted by Gasteiger charge is 2.39. The molecule has 0 spiro atoms. The van der Waals surface area contributed by atoms with Crippen LogP contribution in [0.15, 0.2) is 65.4 Å². The first-order valence-electron chi connectivity index (χ1n) is 8.65. The Morgan fingerprint density at radius 1 is 1.00 bits per heavy atom. The van der Waals surface area contributed by atoms with Crippen LogP contribution in [-0.4, -0.2) is 30.9 Å². The van der Waals surface area contributed by atoms with Crippen LogP contribution >= 0.6 is 7.58 Å². The molecule has 0 radical (unpaired) electrons. The van der Waals surface area contributed by atoms with E-state index >= 15 is 0 Å². The zero-order chi connectivity index (χ0) is 16.8. The molecule has 0 N–H and O–H groups in total. The number of anilines is 1. The highest BCUT2D eigenvalue weighted by Crippen LogP contribution is 2.62. The summed E-state index contributed by atoms with van der Waals surface area (Å²) in [5.74, 6) is 0. The van der Waals surface area contributed by atoms with E-state index in [1.165, 1.54) is 11.3 Å². The Balaban J connectivity index is 2.01. The first-order chi connectivity index (χ1) is 11.8. The average molecular weight is 343 g/mol. The molecule has 0 saturated carbocycles. The molecular weight excluding hydrogens is 317 g/mol. The van der Waals surface area contributed by atoms with Crippen molar-refractivity contribution in [3.8, 4) is 0 Å². The maximum Gasteiger partial charge on any atom is 0.254 e. The van der Waals surface area contributed by atoms with Crippen LogP contribution in [0.3, 0.4) is 0 Å². The quantitative estimate of drug-likeness (QED) is 0.690. The fourth-order valence-electron chi connectivity index (χ4n) is 3.12. The Hall–Kier alpha value is -1.61. The van der Waals surface area contributed by atoms with Gasteiger partial charge in [-0.2, -0.15) is 0 Å². The van der Waals surface area contributed by atoms with Gasteiger partial charge in [0.1, 0.15) is 0 Å². The molecule has 0 amide bonds. The fourth-order valence-corrected chi connectivity index (χ4v) is 6.33. The normalized spacial score (nSPS) is 20.5. The second kappa shape index (κ2) is 7.98. The summed E-state index contributed by atoms with van der Waals surface area (Å²) in [6.07, 6.45) is 0. The molecule has 1 saturated heterocycles. The number of hydrogen-bond donors (Lipinski definition) is 0. The van der Waals surface area contributed by atoms with E-state index in [0.717, 1.165) is 26.2 Å². The predicted molar refractivity (Wildman–Crippen MR) is 102 cm³/mol. The first kappa shape index (κ1) is 17.2. The summed E-state index contributed by atoms with van der Waals surface area (Å²) < 4.78 is 16.3. The van der Waals surface area contributed by atoms with Gasteiger partial charge >= 0.3 is 0 Å². The lowest BCUT2D eigenvalue weighted by molar-refractivity contribution is 0.342. The Morgan fingerprint density at radius 3 is 2.25 bits per heavy atom. The van der Waals surface area contributed by atoms with Gasteiger partial charge in [0.2, 0.25) is 0 Å². The Bertz CT molecular complexity index is 686. The predicted octanol–water partition coefficient (Wildman–Crippen LogP) is 5.01. The highest BCUT2D eigenvalue weighted by molar-refractivity contribution is 7.61. The summed E-state index contributed by atoms with van der Waals surface area (Å²) in [6.45, 7) is 8.57. The van der Waals surface area contributed by atoms with E-state index in [1.54, 1.807) is 0 Å². The van der Waals surface area contributed by atoms with Crippen LogP contribution in [0.5, 0.6) is 0 Å². The topological polar surface area (TPSA) is 28.1 Å². The van der Waals surface area contributed by atoms with Crippen LogP contribution in [0.2, 0.25) is 0 Å². The van der Waals surface area contributed by atoms with Gasteiger partial charge in [-0.3, -0.25) is 0 Å². The summed E-state index contributed by atoms with van der Waals surface area (Å²) in [4.78, 5) is 0. The monoisotopic (exact) mass is 343 g/mol. The van der Waals surface area contributed by atoms with Crippen molar-refractivity contribution in [2.45, 2.75) is 20.4 Å². The Morgan fingerprint density at radius 2 is 1.62 bits per heavy atom. The van der Waals surface area contributed by atoms with E-state index in [1.807, 2.05) is 6.07 Å². The third-order valence-electron chi connectivity index (χ3n) is 4.32. The molecule has 2 aromatic rings. The van der Waals surface area contributed by atoms with E-state index < -0.39 is 7.58 Å². The van der Waals surface area contributed by atoms with E-state index in [2.05, 4.69) is 77.8 Å². The lowest BCUT2D eigenvalue weighted by atomic mass is 10.2. The van der Waals surface area contributed by atoms with Crippen molar-refractivity contribution in [1.82, 2.24) is 4.67 Å². The zero-order valence-corrected chi connectivity index (χ0v) is 15.4. The Labute approximate surface area is 145 Å². The minimum absolute atomic E-state index is 0.689. The zero-order valence-electron chi connectivity index (χ0n) is 14.5. The fraction of sp³-hybridized carbons (Fsp3) is 0.368. The van der Waals surface area contributed by atoms with Gasteiger partial charge in [0, 0.05) is 18.8 Å². The van der Waals surface area contributed by atoms with Gasteiger partial charge in [-0.05, 0) is 17.7 Å². The molecule has 4 nitrogen and oxygen atoms in total. The second-order valence-corrected chi connectivity index (χ2v) is 8.35. The summed E-state index contributed by atoms with van der Waals surface area (Å²) in [5, 5.41) is 0. The number of para-hydroxylation sites is 1. The average Bonchev–Trinajstić information content (AvgIpc) is 3.07. The minimum Gasteiger partial charge on any atom is -0.315 e. The number of nitrogens with zero attached hydrogens (tertiary/aromatic N) is 3. The van der Waals surface area contributed by atoms with Crippen LogP contribution in [0.1, 0.15) is 19.4 Å². The smallest absolute Gasteiger partial charge is 0.254 e. The lowest BCUT2D eigenvalue weighted by Gasteiger charge is -2.37. The molecule has 1 aliphatic rings. The summed E-state index contributed by atoms with van der Waals surface area (Å²) in [6, 6.07) is 21.0. The third kappa shape index (κ3) is 3.41. The van der Waals surface area contributed by atoms with Gasteiger partial charge in [0.25, 0.3) is 7.58 Å². The molecule has 0 bridgehead atoms. The summed E-state index contributed by atoms with van der Waals surface area (Å²) >= 11 is 0. The van der Waals surface area contributed by atoms with E-state index in [-0.39, 0.29) is 0 Å². The highest BCUT2D eigenvalue weighted by atomic mass is 31.2. The van der Waals surface area contributed by atoms with Gasteiger partial charge < -0.3 is 9.19 Å². The van der Waals surface area contributed by atoms with Gasteiger partial charge in [0.05, 0.1) is 19.7 Å². The molecule has 1 unspecified atom stereocenters. The van der Waals surface area contributed by atoms with E-state index in [0.29, 0.717) is 6.54 Å². The minimum atomic E-state index is -2.16. The maximum atomic E-state index is 6.37. The molecule has 0 aliphatic carbocycles. The van der Waals surface area contributed by atoms with Crippen molar-refractivity contribution in [1.29, 1.82) is 0 Å². The molecule has 3 rings (SSSR count). The molecule has 128 valence electrons. The number of rotatable bonds is 6. The van der Waals surface area contributed by atoms with Crippen molar-refractivity contribution >= 4 is 13.3 Å². The van der Waals surface area contributed by atoms with E-state index in [4.69, 9.17) is 9.27 Å². The van der Waals surface area contributed by atoms with Crippen molar-refractivity contribution in [3.05, 3.63) is 66.2 Å². The molecule has 2 aromatic carbocycles. The van der Waals surface area contributed by atoms with Crippen LogP contribution in [0, 0.1) is 0 Å². The van der Waals surface area contributed by atoms with Crippen molar-refractivity contribution in [2.75, 3.05) is 30.9 Å². The van der Waals surface area contributed by atoms with Crippen LogP contribution in [0.4, 0.5) is 5.69 Å². The van der Waals surface area contributed by atoms with Crippen molar-refractivity contribution < 1.29 is 4.52 Å². The molecule has 24 heavy (non-hydrogen) atoms. The summed E-state index contributed by atoms with van der Waals surface area (Å²) in [5.41, 5.74) is 2.43. The molecule has 1 heterocycles. The first-order valence-corrected chi connectivity index (χ1v) is 10.2. The second-order valence-electron chi connectivity index (χ2n) is 5.73. The van der Waals surface area contributed by atoms with Crippen LogP contribution in [0.25, 0.3) is 0 Å². The lowest BCUT2D eigenvalue weighted by Crippen LogP contribution is -2.29. The van der Waals surface area contributed by atoms with Crippen molar-refractivity contribution in [3.63, 3.8) is 0 Å². The largest absolute Gasteiger partial charge is 0.315 e. The molecular formula is C19H26N3OP. The van der Waals surface area contributed by atoms with Gasteiger partial charge in [-0.15, -0.1) is 0 Å². The molecule has 1 atom stereocenters. The Kier molecular flexibility index (Phi) is 5.72. The molecule has 0 aromatic heterocycles. The third-order valence-corrected chi connectivity index (χ3v) is 7.72.